The molecule has 1 unspecified atom stereocenters. The third-order valence-corrected chi connectivity index (χ3v) is 3.92. The van der Waals surface area contributed by atoms with Gasteiger partial charge in [-0.2, -0.15) is 0 Å². The predicted octanol–water partition coefficient (Wildman–Crippen LogP) is 0.652. The molecule has 0 aliphatic carbocycles. The van der Waals surface area contributed by atoms with Crippen molar-refractivity contribution in [2.75, 3.05) is 19.8 Å². The van der Waals surface area contributed by atoms with Crippen LogP contribution in [0.15, 0.2) is 0 Å². The molecule has 2 rings (SSSR count). The number of carboxylic acids is 1. The first-order valence-corrected chi connectivity index (χ1v) is 6.81. The summed E-state index contributed by atoms with van der Waals surface area (Å²) < 4.78 is 12.4. The molecule has 1 aromatic heterocycles. The molecule has 0 bridgehead atoms. The van der Waals surface area contributed by atoms with Crippen molar-refractivity contribution in [1.29, 1.82) is 0 Å². The van der Waals surface area contributed by atoms with Gasteiger partial charge >= 0.3 is 5.97 Å². The third-order valence-electron chi connectivity index (χ3n) is 3.92. The average Bonchev–Trinajstić information content (AvgIpc) is 2.93. The monoisotopic (exact) mass is 284 g/mol. The van der Waals surface area contributed by atoms with Crippen LogP contribution in [0.2, 0.25) is 0 Å². The number of hydrogen-bond donors (Lipinski definition) is 1. The Kier molecular flexibility index (Phi) is 4.66. The van der Waals surface area contributed by atoms with Crippen molar-refractivity contribution < 1.29 is 19.4 Å². The maximum atomic E-state index is 11.6. The second-order valence-electron chi connectivity index (χ2n) is 4.92. The number of carboxylic acid groups (broad SMARTS) is 1. The number of hydrogen-bond acceptors (Lipinski definition) is 6. The van der Waals surface area contributed by atoms with Gasteiger partial charge in [-0.05, 0) is 23.3 Å². The number of aromatic nitrogens is 4. The van der Waals surface area contributed by atoms with Gasteiger partial charge in [0.25, 0.3) is 0 Å². The van der Waals surface area contributed by atoms with E-state index in [0.717, 1.165) is 0 Å². The van der Waals surface area contributed by atoms with Crippen molar-refractivity contribution in [2.24, 2.45) is 5.41 Å². The summed E-state index contributed by atoms with van der Waals surface area (Å²) in [5, 5.41) is 21.0. The van der Waals surface area contributed by atoms with Crippen molar-refractivity contribution in [3.05, 3.63) is 5.82 Å². The fourth-order valence-corrected chi connectivity index (χ4v) is 2.32. The Hall–Kier alpha value is -1.54. The highest BCUT2D eigenvalue weighted by Gasteiger charge is 2.37. The van der Waals surface area contributed by atoms with E-state index in [-0.39, 0.29) is 12.6 Å². The number of ether oxygens (including phenoxy) is 2. The molecule has 20 heavy (non-hydrogen) atoms. The minimum absolute atomic E-state index is 0.234. The van der Waals surface area contributed by atoms with Crippen LogP contribution in [0.5, 0.6) is 0 Å². The van der Waals surface area contributed by atoms with Gasteiger partial charge in [0.2, 0.25) is 0 Å². The smallest absolute Gasteiger partial charge is 0.311 e. The Morgan fingerprint density at radius 2 is 2.20 bits per heavy atom. The van der Waals surface area contributed by atoms with Gasteiger partial charge < -0.3 is 14.6 Å². The number of nitrogens with zero attached hydrogens (tertiary/aromatic N) is 4. The lowest BCUT2D eigenvalue weighted by Crippen LogP contribution is -2.36. The van der Waals surface area contributed by atoms with E-state index in [0.29, 0.717) is 38.5 Å². The number of tetrazole rings is 1. The van der Waals surface area contributed by atoms with Gasteiger partial charge in [0, 0.05) is 0 Å². The van der Waals surface area contributed by atoms with Crippen LogP contribution in [-0.2, 0) is 20.8 Å². The molecule has 0 radical (unpaired) electrons. The Morgan fingerprint density at radius 3 is 2.75 bits per heavy atom. The highest BCUT2D eigenvalue weighted by Crippen LogP contribution is 2.30. The Balaban J connectivity index is 2.20. The molecule has 0 saturated carbocycles. The van der Waals surface area contributed by atoms with E-state index in [1.165, 1.54) is 4.68 Å². The molecule has 1 aliphatic heterocycles. The summed E-state index contributed by atoms with van der Waals surface area (Å²) in [5.74, 6) is -0.304. The van der Waals surface area contributed by atoms with Gasteiger partial charge in [-0.25, -0.2) is 4.68 Å². The van der Waals surface area contributed by atoms with E-state index < -0.39 is 11.4 Å². The molecule has 0 aromatic carbocycles. The summed E-state index contributed by atoms with van der Waals surface area (Å²) in [6.45, 7) is 5.39. The quantitative estimate of drug-likeness (QED) is 0.818. The summed E-state index contributed by atoms with van der Waals surface area (Å²) in [5.41, 5.74) is -0.861. The van der Waals surface area contributed by atoms with E-state index in [9.17, 15) is 9.90 Å². The lowest BCUT2D eigenvalue weighted by molar-refractivity contribution is -0.150. The van der Waals surface area contributed by atoms with E-state index in [2.05, 4.69) is 15.5 Å². The second-order valence-corrected chi connectivity index (χ2v) is 4.92. The molecule has 8 nitrogen and oxygen atoms in total. The summed E-state index contributed by atoms with van der Waals surface area (Å²) in [6, 6.07) is 0. The molecule has 8 heteroatoms. The molecular weight excluding hydrogens is 264 g/mol. The molecular formula is C12H20N4O4. The number of carbonyl (C=O) groups is 1. The summed E-state index contributed by atoms with van der Waals surface area (Å²) >= 11 is 0. The molecule has 0 amide bonds. The molecule has 1 saturated heterocycles. The molecule has 1 atom stereocenters. The Morgan fingerprint density at radius 1 is 1.45 bits per heavy atom. The minimum atomic E-state index is -0.861. The van der Waals surface area contributed by atoms with Crippen LogP contribution in [-0.4, -0.2) is 51.1 Å². The van der Waals surface area contributed by atoms with Crippen molar-refractivity contribution in [1.82, 2.24) is 20.2 Å². The zero-order valence-corrected chi connectivity index (χ0v) is 11.8. The topological polar surface area (TPSA) is 99.4 Å². The minimum Gasteiger partial charge on any atom is -0.481 e. The molecule has 112 valence electrons. The van der Waals surface area contributed by atoms with E-state index in [1.54, 1.807) is 0 Å². The first-order valence-electron chi connectivity index (χ1n) is 6.81. The highest BCUT2D eigenvalue weighted by atomic mass is 16.6. The molecule has 1 fully saturated rings. The lowest BCUT2D eigenvalue weighted by Gasteiger charge is -2.28. The van der Waals surface area contributed by atoms with Gasteiger partial charge in [0.1, 0.15) is 6.10 Å². The lowest BCUT2D eigenvalue weighted by atomic mass is 9.82. The van der Waals surface area contributed by atoms with Gasteiger partial charge in [0.15, 0.2) is 5.82 Å². The fourth-order valence-electron chi connectivity index (χ4n) is 2.32. The van der Waals surface area contributed by atoms with Crippen LogP contribution in [0.1, 0.15) is 38.6 Å². The van der Waals surface area contributed by atoms with E-state index in [1.807, 2.05) is 13.8 Å². The molecule has 1 N–H and O–H groups in total. The second kappa shape index (κ2) is 6.27. The van der Waals surface area contributed by atoms with Crippen molar-refractivity contribution in [2.45, 2.75) is 39.3 Å². The van der Waals surface area contributed by atoms with Gasteiger partial charge in [-0.3, -0.25) is 4.79 Å². The van der Waals surface area contributed by atoms with Gasteiger partial charge in [0.05, 0.1) is 31.8 Å². The summed E-state index contributed by atoms with van der Waals surface area (Å²) in [7, 11) is 0. The summed E-state index contributed by atoms with van der Waals surface area (Å²) in [6.07, 6.45) is 0.694. The van der Waals surface area contributed by atoms with Crippen molar-refractivity contribution in [3.8, 4) is 0 Å². The maximum absolute atomic E-state index is 11.6. The predicted molar refractivity (Wildman–Crippen MR) is 68.0 cm³/mol. The molecule has 2 heterocycles. The summed E-state index contributed by atoms with van der Waals surface area (Å²) in [4.78, 5) is 11.6. The van der Waals surface area contributed by atoms with Crippen molar-refractivity contribution in [3.63, 3.8) is 0 Å². The van der Waals surface area contributed by atoms with Gasteiger partial charge in [-0.1, -0.05) is 13.8 Å². The third kappa shape index (κ3) is 2.80. The Labute approximate surface area is 117 Å². The normalized spacial score (nSPS) is 20.0. The number of rotatable bonds is 6. The van der Waals surface area contributed by atoms with Crippen LogP contribution in [0.3, 0.4) is 0 Å². The molecule has 0 spiro atoms. The maximum Gasteiger partial charge on any atom is 0.311 e. The fraction of sp³-hybridized carbons (Fsp3) is 0.833. The van der Waals surface area contributed by atoms with E-state index in [4.69, 9.17) is 9.47 Å². The first-order chi connectivity index (χ1) is 9.63. The van der Waals surface area contributed by atoms with Crippen LogP contribution < -0.4 is 0 Å². The molecule has 1 aliphatic rings. The largest absolute Gasteiger partial charge is 0.481 e. The first kappa shape index (κ1) is 14.9. The van der Waals surface area contributed by atoms with E-state index >= 15 is 0 Å². The molecule has 1 aromatic rings. The van der Waals surface area contributed by atoms with Crippen molar-refractivity contribution >= 4 is 5.97 Å². The Bertz CT molecular complexity index is 452. The highest BCUT2D eigenvalue weighted by molar-refractivity contribution is 5.74. The zero-order chi connectivity index (χ0) is 14.6. The average molecular weight is 284 g/mol. The van der Waals surface area contributed by atoms with Crippen LogP contribution in [0.4, 0.5) is 0 Å². The van der Waals surface area contributed by atoms with Crippen LogP contribution >= 0.6 is 0 Å². The standard InChI is InChI=1S/C12H20N4O4/c1-3-12(4-2,11(17)18)8-16-10(13-14-15-16)9-7-19-5-6-20-9/h9H,3-8H2,1-2H3,(H,17,18). The van der Waals surface area contributed by atoms with Crippen LogP contribution in [0, 0.1) is 5.41 Å². The zero-order valence-electron chi connectivity index (χ0n) is 11.8. The SMILES string of the molecule is CCC(CC)(Cn1nnnc1C1COCCO1)C(=O)O. The number of aliphatic carboxylic acids is 1. The van der Waals surface area contributed by atoms with Gasteiger partial charge in [-0.15, -0.1) is 5.10 Å². The van der Waals surface area contributed by atoms with Crippen LogP contribution in [0.25, 0.3) is 0 Å².